The lowest BCUT2D eigenvalue weighted by Crippen LogP contribution is -2.45. The van der Waals surface area contributed by atoms with Crippen LogP contribution in [0.1, 0.15) is 80.1 Å². The van der Waals surface area contributed by atoms with E-state index < -0.39 is 54.1 Å². The Kier molecular flexibility index (Phi) is 7.84. The number of hydrogen-bond donors (Lipinski definition) is 1. The van der Waals surface area contributed by atoms with Crippen LogP contribution in [0.4, 0.5) is 0 Å². The Labute approximate surface area is 208 Å². The highest BCUT2D eigenvalue weighted by Gasteiger charge is 2.68. The third-order valence-corrected chi connectivity index (χ3v) is 8.15. The molecule has 9 unspecified atom stereocenters. The lowest BCUT2D eigenvalue weighted by atomic mass is 9.73. The molecule has 9 heteroatoms. The van der Waals surface area contributed by atoms with Gasteiger partial charge in [-0.25, -0.2) is 0 Å². The zero-order valence-electron chi connectivity index (χ0n) is 21.9. The van der Waals surface area contributed by atoms with Crippen molar-refractivity contribution in [2.75, 3.05) is 6.61 Å². The van der Waals surface area contributed by atoms with Gasteiger partial charge in [-0.15, -0.1) is 0 Å². The number of hydrogen-bond acceptors (Lipinski definition) is 9. The Bertz CT molecular complexity index is 785. The summed E-state index contributed by atoms with van der Waals surface area (Å²) < 4.78 is 35.7. The fourth-order valence-electron chi connectivity index (χ4n) is 5.87. The minimum Gasteiger partial charge on any atom is -0.465 e. The maximum absolute atomic E-state index is 13.3. The van der Waals surface area contributed by atoms with Crippen LogP contribution in [-0.2, 0) is 38.0 Å². The van der Waals surface area contributed by atoms with Gasteiger partial charge in [0.25, 0.3) is 0 Å². The Morgan fingerprint density at radius 3 is 2.51 bits per heavy atom. The van der Waals surface area contributed by atoms with Gasteiger partial charge in [0.05, 0.1) is 12.0 Å². The third-order valence-electron chi connectivity index (χ3n) is 8.15. The molecule has 0 aromatic carbocycles. The van der Waals surface area contributed by atoms with Gasteiger partial charge in [-0.3, -0.25) is 9.59 Å². The smallest absolute Gasteiger partial charge is 0.314 e. The predicted octanol–water partition coefficient (Wildman–Crippen LogP) is 3.30. The number of fused-ring (bicyclic) bond motifs is 3. The van der Waals surface area contributed by atoms with Crippen molar-refractivity contribution in [3.8, 4) is 0 Å². The molecule has 0 amide bonds. The van der Waals surface area contributed by atoms with E-state index in [2.05, 4.69) is 13.8 Å². The van der Waals surface area contributed by atoms with Crippen molar-refractivity contribution < 1.29 is 43.1 Å². The van der Waals surface area contributed by atoms with E-state index in [1.807, 2.05) is 27.7 Å². The molecule has 4 fully saturated rings. The number of carbonyl (C=O) groups excluding carboxylic acids is 2. The molecule has 35 heavy (non-hydrogen) atoms. The SMILES string of the molecule is CCCCOC(=O)C1CCCC12OC1OC3C(OC(=O)C(C)(CC(C)C)C(C)C)C(O)OC3C1O2. The van der Waals surface area contributed by atoms with E-state index in [4.69, 9.17) is 28.4 Å². The first-order chi connectivity index (χ1) is 16.5. The fraction of sp³-hybridized carbons (Fsp3) is 0.923. The zero-order chi connectivity index (χ0) is 25.5. The van der Waals surface area contributed by atoms with Crippen LogP contribution >= 0.6 is 0 Å². The molecular weight excluding hydrogens is 456 g/mol. The molecule has 4 aliphatic rings. The van der Waals surface area contributed by atoms with Crippen LogP contribution in [0.15, 0.2) is 0 Å². The van der Waals surface area contributed by atoms with E-state index in [9.17, 15) is 14.7 Å². The lowest BCUT2D eigenvalue weighted by molar-refractivity contribution is -0.251. The minimum absolute atomic E-state index is 0.0550. The summed E-state index contributed by atoms with van der Waals surface area (Å²) in [5.41, 5.74) is -0.702. The molecule has 4 rings (SSSR count). The Hall–Kier alpha value is -1.26. The second-order valence-electron chi connectivity index (χ2n) is 11.5. The first-order valence-electron chi connectivity index (χ1n) is 13.2. The van der Waals surface area contributed by atoms with Crippen molar-refractivity contribution in [2.24, 2.45) is 23.2 Å². The molecule has 1 saturated carbocycles. The van der Waals surface area contributed by atoms with Crippen molar-refractivity contribution in [3.63, 3.8) is 0 Å². The van der Waals surface area contributed by atoms with Crippen molar-refractivity contribution in [1.82, 2.24) is 0 Å². The van der Waals surface area contributed by atoms with Crippen LogP contribution in [-0.4, -0.2) is 66.4 Å². The first-order valence-corrected chi connectivity index (χ1v) is 13.2. The van der Waals surface area contributed by atoms with E-state index >= 15 is 0 Å². The number of aliphatic hydroxyl groups excluding tert-OH is 1. The van der Waals surface area contributed by atoms with Gasteiger partial charge in [-0.1, -0.05) is 41.0 Å². The maximum atomic E-state index is 13.3. The second kappa shape index (κ2) is 10.2. The molecule has 3 heterocycles. The van der Waals surface area contributed by atoms with Gasteiger partial charge >= 0.3 is 11.9 Å². The molecule has 9 nitrogen and oxygen atoms in total. The molecule has 9 atom stereocenters. The van der Waals surface area contributed by atoms with Gasteiger partial charge in [0, 0.05) is 6.42 Å². The molecule has 0 aromatic heterocycles. The number of unbranched alkanes of at least 4 members (excludes halogenated alkanes) is 1. The van der Waals surface area contributed by atoms with Crippen LogP contribution in [0.2, 0.25) is 0 Å². The van der Waals surface area contributed by atoms with E-state index in [1.165, 1.54) is 0 Å². The zero-order valence-corrected chi connectivity index (χ0v) is 21.9. The van der Waals surface area contributed by atoms with Crippen LogP contribution in [0, 0.1) is 23.2 Å². The van der Waals surface area contributed by atoms with E-state index in [0.717, 1.165) is 19.3 Å². The normalized spacial score (nSPS) is 39.7. The van der Waals surface area contributed by atoms with Crippen molar-refractivity contribution >= 4 is 11.9 Å². The van der Waals surface area contributed by atoms with E-state index in [1.54, 1.807) is 0 Å². The quantitative estimate of drug-likeness (QED) is 0.378. The summed E-state index contributed by atoms with van der Waals surface area (Å²) in [6.07, 6.45) is -0.734. The van der Waals surface area contributed by atoms with E-state index in [0.29, 0.717) is 31.8 Å². The lowest BCUT2D eigenvalue weighted by Gasteiger charge is -2.35. The van der Waals surface area contributed by atoms with Gasteiger partial charge in [-0.2, -0.15) is 0 Å². The summed E-state index contributed by atoms with van der Waals surface area (Å²) in [7, 11) is 0. The standard InChI is InChI=1S/C26H42O9/c1-7-8-12-30-21(27)16-10-9-11-26(16)34-20-18-17(32-23(20)35-26)19(22(28)31-18)33-24(29)25(6,15(4)5)13-14(2)3/h14-20,22-23,28H,7-13H2,1-6H3. The minimum atomic E-state index is -1.33. The van der Waals surface area contributed by atoms with Gasteiger partial charge < -0.3 is 33.5 Å². The molecule has 3 aliphatic heterocycles. The van der Waals surface area contributed by atoms with Crippen LogP contribution < -0.4 is 0 Å². The average molecular weight is 499 g/mol. The van der Waals surface area contributed by atoms with Crippen LogP contribution in [0.25, 0.3) is 0 Å². The molecule has 1 spiro atoms. The number of aliphatic hydroxyl groups is 1. The molecule has 0 radical (unpaired) electrons. The summed E-state index contributed by atoms with van der Waals surface area (Å²) in [6, 6.07) is 0. The van der Waals surface area contributed by atoms with Gasteiger partial charge in [0.15, 0.2) is 24.5 Å². The Morgan fingerprint density at radius 1 is 1.11 bits per heavy atom. The predicted molar refractivity (Wildman–Crippen MR) is 124 cm³/mol. The summed E-state index contributed by atoms with van der Waals surface area (Å²) in [5.74, 6) is -1.97. The topological polar surface area (TPSA) is 110 Å². The molecule has 0 bridgehead atoms. The molecule has 0 aromatic rings. The van der Waals surface area contributed by atoms with Crippen molar-refractivity contribution in [1.29, 1.82) is 0 Å². The average Bonchev–Trinajstić information content (AvgIpc) is 3.51. The largest absolute Gasteiger partial charge is 0.465 e. The highest BCUT2D eigenvalue weighted by atomic mass is 16.9. The van der Waals surface area contributed by atoms with Gasteiger partial charge in [-0.05, 0) is 44.4 Å². The van der Waals surface area contributed by atoms with Crippen molar-refractivity contribution in [3.05, 3.63) is 0 Å². The van der Waals surface area contributed by atoms with Gasteiger partial charge in [0.1, 0.15) is 24.2 Å². The monoisotopic (exact) mass is 498 g/mol. The van der Waals surface area contributed by atoms with Crippen LogP contribution in [0.5, 0.6) is 0 Å². The van der Waals surface area contributed by atoms with Crippen LogP contribution in [0.3, 0.4) is 0 Å². The van der Waals surface area contributed by atoms with Crippen molar-refractivity contribution in [2.45, 2.75) is 123 Å². The number of rotatable bonds is 9. The van der Waals surface area contributed by atoms with Gasteiger partial charge in [0.2, 0.25) is 0 Å². The first kappa shape index (κ1) is 26.8. The summed E-state index contributed by atoms with van der Waals surface area (Å²) in [4.78, 5) is 26.0. The fourth-order valence-corrected chi connectivity index (χ4v) is 5.87. The van der Waals surface area contributed by atoms with E-state index in [-0.39, 0.29) is 17.9 Å². The highest BCUT2D eigenvalue weighted by molar-refractivity contribution is 5.77. The summed E-state index contributed by atoms with van der Waals surface area (Å²) in [5, 5.41) is 10.6. The highest BCUT2D eigenvalue weighted by Crippen LogP contribution is 2.52. The molecule has 1 aliphatic carbocycles. The Balaban J connectivity index is 1.42. The molecule has 3 saturated heterocycles. The summed E-state index contributed by atoms with van der Waals surface area (Å²) in [6.45, 7) is 12.5. The molecular formula is C26H42O9. The number of carbonyl (C=O) groups is 2. The molecule has 200 valence electrons. The number of esters is 2. The number of ether oxygens (including phenoxy) is 6. The maximum Gasteiger partial charge on any atom is 0.314 e. The Morgan fingerprint density at radius 2 is 1.86 bits per heavy atom. The summed E-state index contributed by atoms with van der Waals surface area (Å²) >= 11 is 0. The third kappa shape index (κ3) is 4.87. The molecule has 1 N–H and O–H groups in total. The second-order valence-corrected chi connectivity index (χ2v) is 11.5.